The molecular weight excluding hydrogens is 269 g/mol. The molecule has 1 aliphatic carbocycles. The van der Waals surface area contributed by atoms with Crippen molar-refractivity contribution in [1.29, 1.82) is 0 Å². The van der Waals surface area contributed by atoms with Crippen LogP contribution in [-0.4, -0.2) is 6.54 Å². The molecule has 1 unspecified atom stereocenters. The Morgan fingerprint density at radius 1 is 1.50 bits per heavy atom. The highest BCUT2D eigenvalue weighted by Crippen LogP contribution is 2.47. The lowest BCUT2D eigenvalue weighted by Gasteiger charge is -2.28. The molecule has 0 heterocycles. The van der Waals surface area contributed by atoms with E-state index in [1.807, 2.05) is 6.07 Å². The van der Waals surface area contributed by atoms with Crippen LogP contribution in [0.3, 0.4) is 0 Å². The summed E-state index contributed by atoms with van der Waals surface area (Å²) in [4.78, 5) is 0. The second-order valence-electron chi connectivity index (χ2n) is 5.04. The van der Waals surface area contributed by atoms with Crippen molar-refractivity contribution in [2.24, 2.45) is 17.1 Å². The average Bonchev–Trinajstić information content (AvgIpc) is 3.06. The fraction of sp³-hybridized carbons (Fsp3) is 0.538. The molecule has 1 saturated carbocycles. The smallest absolute Gasteiger partial charge is 0.124 e. The van der Waals surface area contributed by atoms with Gasteiger partial charge in [-0.1, -0.05) is 28.9 Å². The fourth-order valence-corrected chi connectivity index (χ4v) is 2.75. The van der Waals surface area contributed by atoms with Crippen LogP contribution < -0.4 is 5.73 Å². The van der Waals surface area contributed by atoms with E-state index < -0.39 is 0 Å². The van der Waals surface area contributed by atoms with Crippen molar-refractivity contribution in [1.82, 2.24) is 0 Å². The molecule has 1 aromatic carbocycles. The summed E-state index contributed by atoms with van der Waals surface area (Å²) in [5.74, 6) is 0.547. The lowest BCUT2D eigenvalue weighted by molar-refractivity contribution is 0.281. The largest absolute Gasteiger partial charge is 0.330 e. The topological polar surface area (TPSA) is 26.0 Å². The van der Waals surface area contributed by atoms with Crippen molar-refractivity contribution in [3.63, 3.8) is 0 Å². The molecule has 1 aliphatic rings. The van der Waals surface area contributed by atoms with Crippen LogP contribution in [-0.2, 0) is 6.42 Å². The van der Waals surface area contributed by atoms with Crippen LogP contribution >= 0.6 is 15.9 Å². The third-order valence-electron chi connectivity index (χ3n) is 3.64. The first-order valence-corrected chi connectivity index (χ1v) is 6.48. The van der Waals surface area contributed by atoms with Gasteiger partial charge >= 0.3 is 0 Å². The molecule has 0 aliphatic heterocycles. The highest BCUT2D eigenvalue weighted by molar-refractivity contribution is 9.10. The first-order valence-electron chi connectivity index (χ1n) is 5.69. The summed E-state index contributed by atoms with van der Waals surface area (Å²) in [6, 6.07) is 4.90. The van der Waals surface area contributed by atoms with Crippen molar-refractivity contribution in [3.05, 3.63) is 34.1 Å². The highest BCUT2D eigenvalue weighted by Gasteiger charge is 2.40. The Kier molecular flexibility index (Phi) is 3.36. The molecule has 0 amide bonds. The summed E-state index contributed by atoms with van der Waals surface area (Å²) >= 11 is 3.42. The monoisotopic (exact) mass is 285 g/mol. The fourth-order valence-electron chi connectivity index (χ4n) is 2.26. The van der Waals surface area contributed by atoms with E-state index in [1.165, 1.54) is 25.0 Å². The summed E-state index contributed by atoms with van der Waals surface area (Å²) in [6.45, 7) is 2.93. The molecule has 1 nitrogen and oxygen atoms in total. The Morgan fingerprint density at radius 3 is 2.69 bits per heavy atom. The predicted octanol–water partition coefficient (Wildman–Crippen LogP) is 3.51. The minimum Gasteiger partial charge on any atom is -0.330 e. The zero-order valence-electron chi connectivity index (χ0n) is 9.47. The van der Waals surface area contributed by atoms with Crippen LogP contribution in [0, 0.1) is 17.2 Å². The van der Waals surface area contributed by atoms with Crippen molar-refractivity contribution in [2.45, 2.75) is 26.2 Å². The number of nitrogens with two attached hydrogens (primary N) is 1. The summed E-state index contributed by atoms with van der Waals surface area (Å²) in [5, 5.41) is 0. The minimum atomic E-state index is -0.198. The van der Waals surface area contributed by atoms with Gasteiger partial charge in [0.05, 0.1) is 0 Å². The van der Waals surface area contributed by atoms with Gasteiger partial charge in [-0.3, -0.25) is 0 Å². The van der Waals surface area contributed by atoms with E-state index in [0.29, 0.717) is 6.54 Å². The molecule has 0 radical (unpaired) electrons. The van der Waals surface area contributed by atoms with Gasteiger partial charge in [-0.15, -0.1) is 0 Å². The molecule has 1 fully saturated rings. The van der Waals surface area contributed by atoms with Crippen molar-refractivity contribution >= 4 is 15.9 Å². The van der Waals surface area contributed by atoms with Crippen molar-refractivity contribution in [3.8, 4) is 0 Å². The molecule has 0 bridgehead atoms. The standard InChI is InChI=1S/C13H17BrFN/c1-13(8-16,10-3-4-10)7-9-2-5-11(15)6-12(9)14/h2,5-6,10H,3-4,7-8,16H2,1H3. The van der Waals surface area contributed by atoms with Gasteiger partial charge in [0.1, 0.15) is 5.82 Å². The maximum atomic E-state index is 13.0. The van der Waals surface area contributed by atoms with Crippen molar-refractivity contribution in [2.75, 3.05) is 6.54 Å². The Morgan fingerprint density at radius 2 is 2.19 bits per heavy atom. The molecule has 0 spiro atoms. The summed E-state index contributed by atoms with van der Waals surface area (Å²) in [6.07, 6.45) is 3.49. The Hall–Kier alpha value is -0.410. The van der Waals surface area contributed by atoms with Gasteiger partial charge in [-0.25, -0.2) is 4.39 Å². The van der Waals surface area contributed by atoms with Gasteiger partial charge in [0.25, 0.3) is 0 Å². The third-order valence-corrected chi connectivity index (χ3v) is 4.38. The van der Waals surface area contributed by atoms with E-state index in [4.69, 9.17) is 5.73 Å². The number of hydrogen-bond donors (Lipinski definition) is 1. The SMILES string of the molecule is CC(CN)(Cc1ccc(F)cc1Br)C1CC1. The first kappa shape index (κ1) is 12.1. The number of halogens is 2. The molecule has 88 valence electrons. The molecule has 2 rings (SSSR count). The van der Waals surface area contributed by atoms with E-state index in [0.717, 1.165) is 22.4 Å². The highest BCUT2D eigenvalue weighted by atomic mass is 79.9. The Balaban J connectivity index is 2.18. The van der Waals surface area contributed by atoms with Gasteiger partial charge < -0.3 is 5.73 Å². The molecule has 1 atom stereocenters. The molecule has 16 heavy (non-hydrogen) atoms. The van der Waals surface area contributed by atoms with Gasteiger partial charge in [-0.2, -0.15) is 0 Å². The summed E-state index contributed by atoms with van der Waals surface area (Å²) in [5.41, 5.74) is 7.21. The summed E-state index contributed by atoms with van der Waals surface area (Å²) < 4.78 is 13.8. The molecule has 2 N–H and O–H groups in total. The Bertz CT molecular complexity index is 390. The van der Waals surface area contributed by atoms with Gasteiger partial charge in [0, 0.05) is 4.47 Å². The van der Waals surface area contributed by atoms with E-state index in [1.54, 1.807) is 0 Å². The quantitative estimate of drug-likeness (QED) is 0.900. The number of hydrogen-bond acceptors (Lipinski definition) is 1. The predicted molar refractivity (Wildman–Crippen MR) is 67.7 cm³/mol. The lowest BCUT2D eigenvalue weighted by atomic mass is 9.79. The number of rotatable bonds is 4. The third kappa shape index (κ3) is 2.46. The maximum Gasteiger partial charge on any atom is 0.124 e. The van der Waals surface area contributed by atoms with Crippen LogP contribution in [0.1, 0.15) is 25.3 Å². The van der Waals surface area contributed by atoms with E-state index in [9.17, 15) is 4.39 Å². The maximum absolute atomic E-state index is 13.0. The molecule has 0 aromatic heterocycles. The molecule has 3 heteroatoms. The van der Waals surface area contributed by atoms with E-state index in [2.05, 4.69) is 22.9 Å². The zero-order valence-corrected chi connectivity index (χ0v) is 11.1. The molecular formula is C13H17BrFN. The van der Waals surface area contributed by atoms with E-state index in [-0.39, 0.29) is 11.2 Å². The lowest BCUT2D eigenvalue weighted by Crippen LogP contribution is -2.31. The zero-order chi connectivity index (χ0) is 11.8. The van der Waals surface area contributed by atoms with Crippen LogP contribution in [0.25, 0.3) is 0 Å². The van der Waals surface area contributed by atoms with Crippen LogP contribution in [0.2, 0.25) is 0 Å². The average molecular weight is 286 g/mol. The van der Waals surface area contributed by atoms with Crippen LogP contribution in [0.5, 0.6) is 0 Å². The van der Waals surface area contributed by atoms with Crippen molar-refractivity contribution < 1.29 is 4.39 Å². The van der Waals surface area contributed by atoms with Crippen LogP contribution in [0.15, 0.2) is 22.7 Å². The Labute approximate surface area is 104 Å². The van der Waals surface area contributed by atoms with Gasteiger partial charge in [0.15, 0.2) is 0 Å². The summed E-state index contributed by atoms with van der Waals surface area (Å²) in [7, 11) is 0. The first-order chi connectivity index (χ1) is 7.55. The second-order valence-corrected chi connectivity index (χ2v) is 5.90. The molecule has 0 saturated heterocycles. The van der Waals surface area contributed by atoms with Crippen LogP contribution in [0.4, 0.5) is 4.39 Å². The van der Waals surface area contributed by atoms with Gasteiger partial charge in [0.2, 0.25) is 0 Å². The normalized spacial score (nSPS) is 19.5. The molecule has 1 aromatic rings. The minimum absolute atomic E-state index is 0.167. The number of benzene rings is 1. The van der Waals surface area contributed by atoms with Gasteiger partial charge in [-0.05, 0) is 54.8 Å². The second kappa shape index (κ2) is 4.46. The van der Waals surface area contributed by atoms with E-state index >= 15 is 0 Å².